The Morgan fingerprint density at radius 2 is 1.89 bits per heavy atom. The summed E-state index contributed by atoms with van der Waals surface area (Å²) in [6.07, 6.45) is 13.0. The molecule has 5 atom stereocenters. The van der Waals surface area contributed by atoms with Crippen molar-refractivity contribution in [3.8, 4) is 0 Å². The minimum Gasteiger partial charge on any atom is -0.469 e. The number of ether oxygens (including phenoxy) is 1. The summed E-state index contributed by atoms with van der Waals surface area (Å²) in [5, 5.41) is 31.2. The molecule has 0 bridgehead atoms. The van der Waals surface area contributed by atoms with Gasteiger partial charge < -0.3 is 20.1 Å². The fraction of sp³-hybridized carbons (Fsp3) is 0.696. The first-order valence-corrected chi connectivity index (χ1v) is 10.3. The Morgan fingerprint density at radius 3 is 2.54 bits per heavy atom. The molecule has 0 radical (unpaired) electrons. The Bertz CT molecular complexity index is 557. The minimum atomic E-state index is -0.937. The molecule has 0 aromatic rings. The van der Waals surface area contributed by atoms with Crippen LogP contribution in [0.5, 0.6) is 0 Å². The molecule has 0 heterocycles. The van der Waals surface area contributed by atoms with Crippen LogP contribution in [0.4, 0.5) is 0 Å². The Labute approximate surface area is 169 Å². The molecular formula is C23H38O5. The van der Waals surface area contributed by atoms with E-state index in [0.717, 1.165) is 19.3 Å². The number of unbranched alkanes of at least 4 members (excludes halogenated alkanes) is 1. The highest BCUT2D eigenvalue weighted by Crippen LogP contribution is 2.37. The van der Waals surface area contributed by atoms with Crippen molar-refractivity contribution in [3.05, 3.63) is 36.0 Å². The smallest absolute Gasteiger partial charge is 0.305 e. The normalized spacial score (nSPS) is 27.2. The van der Waals surface area contributed by atoms with Gasteiger partial charge >= 0.3 is 5.97 Å². The van der Waals surface area contributed by atoms with Gasteiger partial charge in [0.1, 0.15) is 0 Å². The molecule has 0 aromatic heterocycles. The first-order chi connectivity index (χ1) is 13.2. The average molecular weight is 395 g/mol. The highest BCUT2D eigenvalue weighted by molar-refractivity contribution is 5.69. The van der Waals surface area contributed by atoms with Crippen molar-refractivity contribution >= 4 is 5.97 Å². The van der Waals surface area contributed by atoms with Crippen LogP contribution in [0.15, 0.2) is 36.0 Å². The van der Waals surface area contributed by atoms with Crippen molar-refractivity contribution in [3.63, 3.8) is 0 Å². The molecule has 1 aliphatic carbocycles. The van der Waals surface area contributed by atoms with Gasteiger partial charge in [0.2, 0.25) is 0 Å². The summed E-state index contributed by atoms with van der Waals surface area (Å²) in [5.74, 6) is -0.453. The van der Waals surface area contributed by atoms with Gasteiger partial charge in [-0.3, -0.25) is 4.79 Å². The topological polar surface area (TPSA) is 87.0 Å². The van der Waals surface area contributed by atoms with Crippen molar-refractivity contribution in [2.45, 2.75) is 83.5 Å². The van der Waals surface area contributed by atoms with E-state index in [4.69, 9.17) is 0 Å². The molecule has 1 saturated carbocycles. The number of allylic oxidation sites excluding steroid dienone is 4. The summed E-state index contributed by atoms with van der Waals surface area (Å²) in [5.41, 5.74) is 0.292. The summed E-state index contributed by atoms with van der Waals surface area (Å²) in [6.45, 7) is 5.85. The highest BCUT2D eigenvalue weighted by atomic mass is 16.5. The molecule has 5 nitrogen and oxygen atoms in total. The Morgan fingerprint density at radius 1 is 1.18 bits per heavy atom. The second-order valence-corrected chi connectivity index (χ2v) is 8.32. The molecule has 0 saturated heterocycles. The van der Waals surface area contributed by atoms with E-state index in [1.54, 1.807) is 13.0 Å². The zero-order chi connectivity index (χ0) is 21.2. The van der Waals surface area contributed by atoms with Crippen LogP contribution in [0, 0.1) is 11.8 Å². The molecule has 0 aliphatic heterocycles. The maximum Gasteiger partial charge on any atom is 0.305 e. The lowest BCUT2D eigenvalue weighted by molar-refractivity contribution is -0.140. The molecule has 0 aromatic carbocycles. The predicted molar refractivity (Wildman–Crippen MR) is 112 cm³/mol. The first kappa shape index (κ1) is 24.6. The SMILES string of the molecule is COC(=O)CCC/C=C\C[C@@H]1[C@@H](/C=C/C(C)(O)CCC=C(C)C)[C@H](O)C[C@@H]1O. The lowest BCUT2D eigenvalue weighted by Gasteiger charge is -2.23. The van der Waals surface area contributed by atoms with E-state index in [1.807, 2.05) is 32.1 Å². The second kappa shape index (κ2) is 12.2. The zero-order valence-corrected chi connectivity index (χ0v) is 17.8. The van der Waals surface area contributed by atoms with Crippen molar-refractivity contribution in [1.82, 2.24) is 0 Å². The number of esters is 1. The molecule has 1 fully saturated rings. The van der Waals surface area contributed by atoms with Crippen LogP contribution in [-0.2, 0) is 9.53 Å². The molecule has 1 unspecified atom stereocenters. The van der Waals surface area contributed by atoms with E-state index in [1.165, 1.54) is 12.7 Å². The van der Waals surface area contributed by atoms with E-state index in [-0.39, 0.29) is 17.8 Å². The third-order valence-electron chi connectivity index (χ3n) is 5.35. The lowest BCUT2D eigenvalue weighted by Crippen LogP contribution is -2.24. The third-order valence-corrected chi connectivity index (χ3v) is 5.35. The van der Waals surface area contributed by atoms with Crippen LogP contribution in [0.25, 0.3) is 0 Å². The van der Waals surface area contributed by atoms with E-state index >= 15 is 0 Å². The number of methoxy groups -OCH3 is 1. The Hall–Kier alpha value is -1.43. The number of carbonyl (C=O) groups excluding carboxylic acids is 1. The Kier molecular flexibility index (Phi) is 10.7. The molecule has 28 heavy (non-hydrogen) atoms. The number of rotatable bonds is 11. The summed E-state index contributed by atoms with van der Waals surface area (Å²) in [7, 11) is 1.39. The van der Waals surface area contributed by atoms with Crippen LogP contribution in [0.3, 0.4) is 0 Å². The number of aliphatic hydroxyl groups excluding tert-OH is 2. The summed E-state index contributed by atoms with van der Waals surface area (Å²) < 4.78 is 4.61. The lowest BCUT2D eigenvalue weighted by atomic mass is 9.88. The van der Waals surface area contributed by atoms with E-state index < -0.39 is 17.8 Å². The number of hydrogen-bond acceptors (Lipinski definition) is 5. The molecular weight excluding hydrogens is 356 g/mol. The highest BCUT2D eigenvalue weighted by Gasteiger charge is 2.39. The second-order valence-electron chi connectivity index (χ2n) is 8.32. The van der Waals surface area contributed by atoms with Gasteiger partial charge in [0, 0.05) is 18.8 Å². The van der Waals surface area contributed by atoms with Crippen molar-refractivity contribution in [1.29, 1.82) is 0 Å². The fourth-order valence-electron chi connectivity index (χ4n) is 3.60. The molecule has 1 rings (SSSR count). The maximum absolute atomic E-state index is 11.1. The van der Waals surface area contributed by atoms with Crippen molar-refractivity contribution in [2.24, 2.45) is 11.8 Å². The minimum absolute atomic E-state index is 0.0725. The van der Waals surface area contributed by atoms with Gasteiger partial charge in [-0.1, -0.05) is 36.0 Å². The van der Waals surface area contributed by atoms with Crippen molar-refractivity contribution < 1.29 is 24.9 Å². The molecule has 160 valence electrons. The van der Waals surface area contributed by atoms with Gasteiger partial charge in [0.25, 0.3) is 0 Å². The Balaban J connectivity index is 2.58. The first-order valence-electron chi connectivity index (χ1n) is 10.3. The van der Waals surface area contributed by atoms with Gasteiger partial charge in [-0.25, -0.2) is 0 Å². The average Bonchev–Trinajstić information content (AvgIpc) is 2.88. The summed E-state index contributed by atoms with van der Waals surface area (Å²) in [4.78, 5) is 11.1. The number of aliphatic hydroxyl groups is 3. The van der Waals surface area contributed by atoms with Crippen LogP contribution in [0.2, 0.25) is 0 Å². The van der Waals surface area contributed by atoms with Gasteiger partial charge in [-0.2, -0.15) is 0 Å². The van der Waals surface area contributed by atoms with Gasteiger partial charge in [-0.15, -0.1) is 0 Å². The van der Waals surface area contributed by atoms with Crippen LogP contribution in [-0.4, -0.2) is 46.2 Å². The maximum atomic E-state index is 11.1. The van der Waals surface area contributed by atoms with Crippen molar-refractivity contribution in [2.75, 3.05) is 7.11 Å². The van der Waals surface area contributed by atoms with Gasteiger partial charge in [0.15, 0.2) is 0 Å². The third kappa shape index (κ3) is 9.18. The molecule has 5 heteroatoms. The predicted octanol–water partition coefficient (Wildman–Crippen LogP) is 3.69. The molecule has 3 N–H and O–H groups in total. The standard InChI is InChI=1S/C23H38O5/c1-17(2)10-9-14-23(3,27)15-13-19-18(20(24)16-21(19)25)11-7-5-6-8-12-22(26)28-4/h5,7,10,13,15,18-21,24-25,27H,6,8-9,11-12,14,16H2,1-4H3/b7-5-,15-13+/t18-,19-,20+,21-,23?/m1/s1. The fourth-order valence-corrected chi connectivity index (χ4v) is 3.60. The molecule has 1 aliphatic rings. The van der Waals surface area contributed by atoms with Crippen LogP contribution < -0.4 is 0 Å². The number of hydrogen-bond donors (Lipinski definition) is 3. The van der Waals surface area contributed by atoms with E-state index in [0.29, 0.717) is 25.7 Å². The summed E-state index contributed by atoms with van der Waals surface area (Å²) >= 11 is 0. The van der Waals surface area contributed by atoms with Crippen LogP contribution >= 0.6 is 0 Å². The van der Waals surface area contributed by atoms with Gasteiger partial charge in [0.05, 0.1) is 24.9 Å². The van der Waals surface area contributed by atoms with E-state index in [2.05, 4.69) is 10.8 Å². The summed E-state index contributed by atoms with van der Waals surface area (Å²) in [6, 6.07) is 0. The zero-order valence-electron chi connectivity index (χ0n) is 17.8. The molecule has 0 amide bonds. The van der Waals surface area contributed by atoms with Gasteiger partial charge in [-0.05, 0) is 58.8 Å². The number of carbonyl (C=O) groups is 1. The van der Waals surface area contributed by atoms with E-state index in [9.17, 15) is 20.1 Å². The molecule has 0 spiro atoms. The quantitative estimate of drug-likeness (QED) is 0.283. The monoisotopic (exact) mass is 394 g/mol. The largest absolute Gasteiger partial charge is 0.469 e. The van der Waals surface area contributed by atoms with Crippen LogP contribution in [0.1, 0.15) is 65.7 Å².